The second-order valence-corrected chi connectivity index (χ2v) is 18.6. The average molecular weight is 979 g/mol. The topological polar surface area (TPSA) is 212 Å². The number of aryl methyl sites for hydroxylation is 1. The summed E-state index contributed by atoms with van der Waals surface area (Å²) in [6.45, 7) is 12.6. The van der Waals surface area contributed by atoms with Gasteiger partial charge in [-0.2, -0.15) is 0 Å². The van der Waals surface area contributed by atoms with E-state index >= 15 is 0 Å². The summed E-state index contributed by atoms with van der Waals surface area (Å²) < 4.78 is 38.3. The van der Waals surface area contributed by atoms with E-state index in [0.29, 0.717) is 83.3 Å². The molecule has 0 N–H and O–H groups in total. The number of thioether (sulfide) groups is 2. The SMILES string of the molecule is [C-]#[N+]/C(C#N)=C1/Sc2c(OC(=O)C3CCC(C(=O)Oc4ccc(CC)cc4)CC3)ccc(OC(=O)C3CCC(C(=O)Oc4ccc(CCOC(=O)CCC(=O)OCCOC(=O)C=C)cc4)CC3)c2S1. The third-order valence-corrected chi connectivity index (χ3v) is 14.3. The van der Waals surface area contributed by atoms with Gasteiger partial charge in [-0.15, -0.1) is 0 Å². The predicted octanol–water partition coefficient (Wildman–Crippen LogP) is 8.83. The van der Waals surface area contributed by atoms with Crippen molar-refractivity contribution in [2.75, 3.05) is 19.8 Å². The fraction of sp³-hybridized carbons (Fsp3) is 0.392. The molecule has 16 nitrogen and oxygen atoms in total. The van der Waals surface area contributed by atoms with Crippen LogP contribution in [0.1, 0.15) is 82.3 Å². The third kappa shape index (κ3) is 14.8. The molecule has 0 aromatic heterocycles. The Morgan fingerprint density at radius 2 is 1.03 bits per heavy atom. The fourth-order valence-corrected chi connectivity index (χ4v) is 10.2. The van der Waals surface area contributed by atoms with Crippen molar-refractivity contribution >= 4 is 65.3 Å². The predicted molar refractivity (Wildman–Crippen MR) is 249 cm³/mol. The second kappa shape index (κ2) is 25.5. The van der Waals surface area contributed by atoms with Gasteiger partial charge >= 0.3 is 41.8 Å². The summed E-state index contributed by atoms with van der Waals surface area (Å²) in [5.41, 5.74) is 1.81. The summed E-state index contributed by atoms with van der Waals surface area (Å²) in [5.74, 6) is -4.10. The second-order valence-electron chi connectivity index (χ2n) is 16.3. The molecule has 0 saturated heterocycles. The van der Waals surface area contributed by atoms with Crippen LogP contribution in [0.15, 0.2) is 93.0 Å². The molecular weight excluding hydrogens is 929 g/mol. The van der Waals surface area contributed by atoms with Gasteiger partial charge in [0.15, 0.2) is 0 Å². The molecule has 0 radical (unpaired) electrons. The zero-order chi connectivity index (χ0) is 49.3. The summed E-state index contributed by atoms with van der Waals surface area (Å²) in [4.78, 5) is 92.1. The molecule has 3 aromatic carbocycles. The first kappa shape index (κ1) is 51.5. The van der Waals surface area contributed by atoms with Gasteiger partial charge in [-0.05, 0) is 105 Å². The van der Waals surface area contributed by atoms with Gasteiger partial charge in [0.1, 0.15) is 36.2 Å². The lowest BCUT2D eigenvalue weighted by atomic mass is 9.82. The van der Waals surface area contributed by atoms with E-state index < -0.39 is 53.6 Å². The van der Waals surface area contributed by atoms with E-state index in [9.17, 15) is 38.8 Å². The van der Waals surface area contributed by atoms with Crippen LogP contribution in [0.3, 0.4) is 0 Å². The van der Waals surface area contributed by atoms with Crippen LogP contribution in [-0.2, 0) is 60.6 Å². The molecule has 3 aromatic rings. The average Bonchev–Trinajstić information content (AvgIpc) is 3.82. The summed E-state index contributed by atoms with van der Waals surface area (Å²) in [6, 6.07) is 19.1. The maximum Gasteiger partial charge on any atom is 0.330 e. The lowest BCUT2D eigenvalue weighted by Gasteiger charge is -2.26. The van der Waals surface area contributed by atoms with Crippen molar-refractivity contribution in [3.05, 3.63) is 106 Å². The molecule has 360 valence electrons. The lowest BCUT2D eigenvalue weighted by Crippen LogP contribution is -2.30. The molecule has 0 unspecified atom stereocenters. The Kier molecular flexibility index (Phi) is 19.0. The maximum atomic E-state index is 13.6. The number of hydrogen-bond donors (Lipinski definition) is 0. The largest absolute Gasteiger partial charge is 0.465 e. The van der Waals surface area contributed by atoms with Crippen LogP contribution >= 0.6 is 23.5 Å². The third-order valence-electron chi connectivity index (χ3n) is 11.7. The summed E-state index contributed by atoms with van der Waals surface area (Å²) in [5, 5.41) is 9.64. The molecule has 0 bridgehead atoms. The molecule has 1 aliphatic heterocycles. The smallest absolute Gasteiger partial charge is 0.330 e. The van der Waals surface area contributed by atoms with E-state index in [-0.39, 0.29) is 61.7 Å². The zero-order valence-corrected chi connectivity index (χ0v) is 39.5. The van der Waals surface area contributed by atoms with Crippen LogP contribution in [0.2, 0.25) is 0 Å². The zero-order valence-electron chi connectivity index (χ0n) is 37.9. The molecule has 18 heteroatoms. The van der Waals surface area contributed by atoms with Crippen molar-refractivity contribution in [1.29, 1.82) is 5.26 Å². The summed E-state index contributed by atoms with van der Waals surface area (Å²) in [6.07, 6.45) is 5.20. The van der Waals surface area contributed by atoms with Crippen molar-refractivity contribution in [2.45, 2.75) is 93.8 Å². The van der Waals surface area contributed by atoms with E-state index in [4.69, 9.17) is 39.7 Å². The Labute approximate surface area is 407 Å². The maximum absolute atomic E-state index is 13.6. The number of benzene rings is 3. The molecular formula is C51H50N2O14S2. The first-order chi connectivity index (χ1) is 33.4. The van der Waals surface area contributed by atoms with Crippen molar-refractivity contribution in [3.63, 3.8) is 0 Å². The molecule has 6 rings (SSSR count). The molecule has 0 spiro atoms. The number of allylic oxidation sites excluding steroid dienone is 1. The van der Waals surface area contributed by atoms with Crippen molar-refractivity contribution in [2.24, 2.45) is 23.7 Å². The standard InChI is InChI=1S/C51H50N2O14S2/c1-4-31-6-18-37(19-7-31)64-47(57)33-10-14-35(15-11-33)49(59)66-40-22-23-41(46-45(40)68-51(69-46)39(30-52)53-3)67-50(60)36-16-12-34(13-17-36)48(58)65-38-20-8-32(9-21-38)26-27-61-43(55)24-25-44(56)63-29-28-62-42(54)5-2/h5-9,18-23,33-36H,2,4,10-17,24-29H2,1H3/b51-39-. The van der Waals surface area contributed by atoms with Gasteiger partial charge in [-0.3, -0.25) is 28.8 Å². The molecule has 2 aliphatic carbocycles. The van der Waals surface area contributed by atoms with E-state index in [0.717, 1.165) is 47.1 Å². The van der Waals surface area contributed by atoms with Crippen LogP contribution in [0, 0.1) is 41.6 Å². The van der Waals surface area contributed by atoms with Crippen molar-refractivity contribution in [3.8, 4) is 29.1 Å². The quantitative estimate of drug-likeness (QED) is 0.0209. The molecule has 1 heterocycles. The Hall–Kier alpha value is -6.89. The van der Waals surface area contributed by atoms with Crippen LogP contribution < -0.4 is 18.9 Å². The van der Waals surface area contributed by atoms with E-state index in [1.165, 1.54) is 12.1 Å². The molecule has 69 heavy (non-hydrogen) atoms. The minimum Gasteiger partial charge on any atom is -0.465 e. The van der Waals surface area contributed by atoms with E-state index in [1.54, 1.807) is 36.4 Å². The highest BCUT2D eigenvalue weighted by Crippen LogP contribution is 2.59. The lowest BCUT2D eigenvalue weighted by molar-refractivity contribution is -0.152. The minimum absolute atomic E-state index is 0.0689. The monoisotopic (exact) mass is 978 g/mol. The number of fused-ring (bicyclic) bond motifs is 1. The molecule has 2 saturated carbocycles. The molecule has 3 aliphatic rings. The van der Waals surface area contributed by atoms with Gasteiger partial charge in [0.25, 0.3) is 5.70 Å². The Bertz CT molecular complexity index is 2510. The van der Waals surface area contributed by atoms with Gasteiger partial charge in [-0.1, -0.05) is 61.3 Å². The number of carbonyl (C=O) groups excluding carboxylic acids is 7. The normalized spacial score (nSPS) is 18.9. The highest BCUT2D eigenvalue weighted by atomic mass is 32.2. The van der Waals surface area contributed by atoms with Crippen LogP contribution in [-0.4, -0.2) is 61.6 Å². The first-order valence-corrected chi connectivity index (χ1v) is 24.2. The fourth-order valence-electron chi connectivity index (χ4n) is 7.72. The van der Waals surface area contributed by atoms with Gasteiger partial charge in [0.05, 0.1) is 69.8 Å². The number of carbonyl (C=O) groups is 7. The number of hydrogen-bond acceptors (Lipinski definition) is 17. The van der Waals surface area contributed by atoms with Crippen LogP contribution in [0.4, 0.5) is 0 Å². The highest BCUT2D eigenvalue weighted by Gasteiger charge is 2.36. The van der Waals surface area contributed by atoms with Gasteiger partial charge < -0.3 is 33.2 Å². The number of nitriles is 1. The van der Waals surface area contributed by atoms with Gasteiger partial charge in [0, 0.05) is 12.5 Å². The van der Waals surface area contributed by atoms with Crippen LogP contribution in [0.5, 0.6) is 23.0 Å². The van der Waals surface area contributed by atoms with Crippen LogP contribution in [0.25, 0.3) is 4.85 Å². The molecule has 0 atom stereocenters. The highest BCUT2D eigenvalue weighted by molar-refractivity contribution is 8.24. The minimum atomic E-state index is -0.634. The number of rotatable bonds is 19. The Morgan fingerprint density at radius 3 is 1.43 bits per heavy atom. The molecule has 2 fully saturated rings. The Balaban J connectivity index is 0.943. The summed E-state index contributed by atoms with van der Waals surface area (Å²) >= 11 is 2.18. The molecule has 0 amide bonds. The van der Waals surface area contributed by atoms with Crippen molar-refractivity contribution in [1.82, 2.24) is 0 Å². The van der Waals surface area contributed by atoms with Crippen molar-refractivity contribution < 1.29 is 66.7 Å². The first-order valence-electron chi connectivity index (χ1n) is 22.6. The number of nitrogens with zero attached hydrogens (tertiary/aromatic N) is 2. The van der Waals surface area contributed by atoms with Gasteiger partial charge in [0.2, 0.25) is 0 Å². The number of esters is 7. The van der Waals surface area contributed by atoms with Gasteiger partial charge in [-0.25, -0.2) is 14.9 Å². The Morgan fingerprint density at radius 1 is 0.623 bits per heavy atom. The van der Waals surface area contributed by atoms with E-state index in [2.05, 4.69) is 11.4 Å². The summed E-state index contributed by atoms with van der Waals surface area (Å²) in [7, 11) is 0. The van der Waals surface area contributed by atoms with E-state index in [1.807, 2.05) is 25.1 Å². The number of ether oxygens (including phenoxy) is 7.